The van der Waals surface area contributed by atoms with Crippen LogP contribution in [0.25, 0.3) is 10.9 Å². The fourth-order valence-corrected chi connectivity index (χ4v) is 5.54. The molecule has 0 bridgehead atoms. The number of hydrogen-bond donors (Lipinski definition) is 2. The lowest BCUT2D eigenvalue weighted by atomic mass is 10.2. The number of thiophene rings is 1. The van der Waals surface area contributed by atoms with Gasteiger partial charge in [0.1, 0.15) is 10.8 Å². The molecule has 0 saturated heterocycles. The van der Waals surface area contributed by atoms with E-state index in [0.29, 0.717) is 16.6 Å². The number of aromatic amines is 1. The highest BCUT2D eigenvalue weighted by atomic mass is 32.2. The molecule has 1 amide bonds. The number of H-pyrrole nitrogens is 1. The molecule has 4 rings (SSSR count). The molecule has 0 unspecified atom stereocenters. The van der Waals surface area contributed by atoms with Crippen LogP contribution in [-0.4, -0.2) is 31.0 Å². The lowest BCUT2D eigenvalue weighted by molar-refractivity contribution is -0.116. The molecule has 8 nitrogen and oxygen atoms in total. The van der Waals surface area contributed by atoms with Crippen molar-refractivity contribution in [2.24, 2.45) is 10.2 Å². The average Bonchev–Trinajstić information content (AvgIpc) is 3.39. The Balaban J connectivity index is 1.65. The summed E-state index contributed by atoms with van der Waals surface area (Å²) in [6.45, 7) is 1.35. The molecule has 4 aromatic rings. The van der Waals surface area contributed by atoms with Crippen molar-refractivity contribution >= 4 is 49.5 Å². The Hall–Kier alpha value is -3.50. The SMILES string of the molecule is Cc1ccc(N(CC(=O)N=Nc2c(O)[nH]c3ccccc23)S(=O)(=O)c2cccs2)cc1. The van der Waals surface area contributed by atoms with Gasteiger partial charge in [0.05, 0.1) is 11.2 Å². The molecule has 2 aromatic heterocycles. The highest BCUT2D eigenvalue weighted by molar-refractivity contribution is 7.94. The van der Waals surface area contributed by atoms with Gasteiger partial charge in [-0.2, -0.15) is 0 Å². The van der Waals surface area contributed by atoms with Crippen LogP contribution in [0.15, 0.2) is 80.5 Å². The number of sulfonamides is 1. The first-order valence-electron chi connectivity index (χ1n) is 9.23. The van der Waals surface area contributed by atoms with Crippen molar-refractivity contribution in [3.8, 4) is 5.88 Å². The second-order valence-corrected chi connectivity index (χ2v) is 9.78. The number of hydrogen-bond acceptors (Lipinski definition) is 6. The van der Waals surface area contributed by atoms with E-state index in [1.807, 2.05) is 6.92 Å². The number of carbonyl (C=O) groups is 1. The zero-order valence-electron chi connectivity index (χ0n) is 16.4. The standard InChI is InChI=1S/C21H18N4O4S2/c1-14-8-10-15(11-9-14)25(31(28,29)19-7-4-12-30-19)13-18(26)23-24-20-16-5-2-3-6-17(16)22-21(20)27/h2-12,22,27H,13H2,1H3. The third kappa shape index (κ3) is 4.21. The molecule has 31 heavy (non-hydrogen) atoms. The van der Waals surface area contributed by atoms with E-state index in [9.17, 15) is 18.3 Å². The number of aryl methyl sites for hydroxylation is 1. The van der Waals surface area contributed by atoms with Crippen molar-refractivity contribution < 1.29 is 18.3 Å². The summed E-state index contributed by atoms with van der Waals surface area (Å²) in [5, 5.41) is 19.8. The first-order valence-corrected chi connectivity index (χ1v) is 11.6. The van der Waals surface area contributed by atoms with E-state index in [0.717, 1.165) is 21.2 Å². The Morgan fingerprint density at radius 2 is 1.84 bits per heavy atom. The van der Waals surface area contributed by atoms with E-state index in [-0.39, 0.29) is 15.8 Å². The Morgan fingerprint density at radius 1 is 1.10 bits per heavy atom. The van der Waals surface area contributed by atoms with Crippen LogP contribution in [-0.2, 0) is 14.8 Å². The van der Waals surface area contributed by atoms with E-state index in [1.165, 1.54) is 6.07 Å². The number of azo groups is 1. The summed E-state index contributed by atoms with van der Waals surface area (Å²) in [5.74, 6) is -0.996. The highest BCUT2D eigenvalue weighted by Gasteiger charge is 2.28. The van der Waals surface area contributed by atoms with Gasteiger partial charge in [-0.25, -0.2) is 8.42 Å². The lowest BCUT2D eigenvalue weighted by Gasteiger charge is -2.22. The first-order chi connectivity index (χ1) is 14.9. The number of carbonyl (C=O) groups excluding carboxylic acids is 1. The summed E-state index contributed by atoms with van der Waals surface area (Å²) >= 11 is 1.07. The third-order valence-corrected chi connectivity index (χ3v) is 7.71. The van der Waals surface area contributed by atoms with Crippen molar-refractivity contribution in [3.63, 3.8) is 0 Å². The van der Waals surface area contributed by atoms with Crippen LogP contribution in [0.1, 0.15) is 5.56 Å². The van der Waals surface area contributed by atoms with Crippen LogP contribution in [0.3, 0.4) is 0 Å². The minimum Gasteiger partial charge on any atom is -0.493 e. The topological polar surface area (TPSA) is 115 Å². The van der Waals surface area contributed by atoms with Gasteiger partial charge in [0.25, 0.3) is 15.9 Å². The fraction of sp³-hybridized carbons (Fsp3) is 0.0952. The summed E-state index contributed by atoms with van der Waals surface area (Å²) in [5.41, 5.74) is 2.06. The van der Waals surface area contributed by atoms with Gasteiger partial charge in [-0.15, -0.1) is 21.6 Å². The molecule has 0 spiro atoms. The molecule has 0 fully saturated rings. The summed E-state index contributed by atoms with van der Waals surface area (Å²) < 4.78 is 27.4. The summed E-state index contributed by atoms with van der Waals surface area (Å²) in [7, 11) is -3.96. The number of anilines is 1. The maximum Gasteiger partial charge on any atom is 0.285 e. The van der Waals surface area contributed by atoms with Crippen molar-refractivity contribution in [2.75, 3.05) is 10.8 Å². The number of amides is 1. The molecule has 2 heterocycles. The van der Waals surface area contributed by atoms with E-state index in [4.69, 9.17) is 0 Å². The minimum atomic E-state index is -3.96. The zero-order valence-corrected chi connectivity index (χ0v) is 18.0. The minimum absolute atomic E-state index is 0.118. The zero-order chi connectivity index (χ0) is 22.0. The van der Waals surface area contributed by atoms with Gasteiger partial charge < -0.3 is 10.1 Å². The average molecular weight is 455 g/mol. The molecule has 2 aromatic carbocycles. The maximum atomic E-state index is 13.1. The van der Waals surface area contributed by atoms with E-state index < -0.39 is 22.5 Å². The van der Waals surface area contributed by atoms with Gasteiger partial charge in [0.2, 0.25) is 5.88 Å². The Bertz CT molecular complexity index is 1360. The van der Waals surface area contributed by atoms with Gasteiger partial charge in [-0.3, -0.25) is 9.10 Å². The van der Waals surface area contributed by atoms with E-state index in [2.05, 4.69) is 15.2 Å². The Labute approximate surface area is 182 Å². The van der Waals surface area contributed by atoms with E-state index in [1.54, 1.807) is 60.0 Å². The van der Waals surface area contributed by atoms with Gasteiger partial charge in [-0.1, -0.05) is 42.0 Å². The Morgan fingerprint density at radius 3 is 2.55 bits per heavy atom. The van der Waals surface area contributed by atoms with Crippen LogP contribution in [0.2, 0.25) is 0 Å². The molecule has 0 aliphatic carbocycles. The normalized spacial score (nSPS) is 11.9. The predicted molar refractivity (Wildman–Crippen MR) is 120 cm³/mol. The second kappa shape index (κ2) is 8.32. The largest absolute Gasteiger partial charge is 0.493 e. The number of aromatic nitrogens is 1. The quantitative estimate of drug-likeness (QED) is 0.409. The van der Waals surface area contributed by atoms with Crippen molar-refractivity contribution in [1.29, 1.82) is 0 Å². The summed E-state index contributed by atoms with van der Waals surface area (Å²) in [4.78, 5) is 15.3. The number of benzene rings is 2. The van der Waals surface area contributed by atoms with Crippen LogP contribution in [0.4, 0.5) is 11.4 Å². The molecule has 0 atom stereocenters. The molecular formula is C21H18N4O4S2. The van der Waals surface area contributed by atoms with Gasteiger partial charge in [-0.05, 0) is 36.6 Å². The molecule has 0 aliphatic heterocycles. The number of aromatic hydroxyl groups is 1. The van der Waals surface area contributed by atoms with Gasteiger partial charge >= 0.3 is 0 Å². The van der Waals surface area contributed by atoms with Crippen LogP contribution < -0.4 is 4.31 Å². The monoisotopic (exact) mass is 454 g/mol. The molecule has 2 N–H and O–H groups in total. The molecular weight excluding hydrogens is 436 g/mol. The molecule has 0 saturated carbocycles. The van der Waals surface area contributed by atoms with Crippen molar-refractivity contribution in [2.45, 2.75) is 11.1 Å². The molecule has 0 radical (unpaired) electrons. The van der Waals surface area contributed by atoms with Gasteiger partial charge in [0.15, 0.2) is 5.69 Å². The second-order valence-electron chi connectivity index (χ2n) is 6.74. The number of nitrogens with zero attached hydrogens (tertiary/aromatic N) is 3. The van der Waals surface area contributed by atoms with Crippen molar-refractivity contribution in [3.05, 3.63) is 71.6 Å². The van der Waals surface area contributed by atoms with Crippen LogP contribution in [0.5, 0.6) is 5.88 Å². The lowest BCUT2D eigenvalue weighted by Crippen LogP contribution is -2.34. The fourth-order valence-electron chi connectivity index (χ4n) is 3.02. The molecule has 0 aliphatic rings. The summed E-state index contributed by atoms with van der Waals surface area (Å²) in [6.07, 6.45) is 0. The maximum absolute atomic E-state index is 13.1. The number of nitrogens with one attached hydrogen (secondary N) is 1. The highest BCUT2D eigenvalue weighted by Crippen LogP contribution is 2.35. The Kier molecular flexibility index (Phi) is 5.57. The first kappa shape index (κ1) is 20.8. The predicted octanol–water partition coefficient (Wildman–Crippen LogP) is 4.75. The number of rotatable bonds is 6. The van der Waals surface area contributed by atoms with Gasteiger partial charge in [0, 0.05) is 5.39 Å². The van der Waals surface area contributed by atoms with E-state index >= 15 is 0 Å². The van der Waals surface area contributed by atoms with Crippen molar-refractivity contribution in [1.82, 2.24) is 4.98 Å². The third-order valence-electron chi connectivity index (χ3n) is 4.56. The number of fused-ring (bicyclic) bond motifs is 1. The van der Waals surface area contributed by atoms with Crippen LogP contribution in [0, 0.1) is 6.92 Å². The number of para-hydroxylation sites is 1. The molecule has 10 heteroatoms. The smallest absolute Gasteiger partial charge is 0.285 e. The summed E-state index contributed by atoms with van der Waals surface area (Å²) in [6, 6.07) is 17.0. The molecule has 158 valence electrons. The van der Waals surface area contributed by atoms with Crippen LogP contribution >= 0.6 is 11.3 Å².